The SMILES string of the molecule is O=CC(c1cccc(Br)c1)C1CCS(=O)(=O)C1. The highest BCUT2D eigenvalue weighted by molar-refractivity contribution is 9.10. The zero-order chi connectivity index (χ0) is 12.5. The maximum Gasteiger partial charge on any atom is 0.150 e. The first-order valence-corrected chi connectivity index (χ1v) is 8.04. The van der Waals surface area contributed by atoms with E-state index >= 15 is 0 Å². The van der Waals surface area contributed by atoms with Crippen molar-refractivity contribution < 1.29 is 13.2 Å². The second kappa shape index (κ2) is 4.90. The van der Waals surface area contributed by atoms with E-state index < -0.39 is 9.84 Å². The quantitative estimate of drug-likeness (QED) is 0.803. The summed E-state index contributed by atoms with van der Waals surface area (Å²) in [4.78, 5) is 11.2. The lowest BCUT2D eigenvalue weighted by molar-refractivity contribution is -0.109. The Bertz CT molecular complexity index is 524. The van der Waals surface area contributed by atoms with Gasteiger partial charge in [-0.1, -0.05) is 28.1 Å². The molecule has 2 atom stereocenters. The Morgan fingerprint density at radius 2 is 2.18 bits per heavy atom. The Labute approximate surface area is 109 Å². The van der Waals surface area contributed by atoms with E-state index in [1.165, 1.54) is 0 Å². The van der Waals surface area contributed by atoms with Crippen molar-refractivity contribution in [3.63, 3.8) is 0 Å². The number of sulfone groups is 1. The molecule has 0 aliphatic carbocycles. The van der Waals surface area contributed by atoms with Crippen molar-refractivity contribution in [2.45, 2.75) is 12.3 Å². The van der Waals surface area contributed by atoms with Crippen molar-refractivity contribution in [1.82, 2.24) is 0 Å². The van der Waals surface area contributed by atoms with Crippen LogP contribution in [0.3, 0.4) is 0 Å². The number of halogens is 1. The average molecular weight is 317 g/mol. The van der Waals surface area contributed by atoms with Crippen molar-refractivity contribution in [3.8, 4) is 0 Å². The number of carbonyl (C=O) groups is 1. The van der Waals surface area contributed by atoms with Crippen LogP contribution in [0.2, 0.25) is 0 Å². The molecule has 1 saturated heterocycles. The first kappa shape index (κ1) is 12.8. The third-order valence-electron chi connectivity index (χ3n) is 3.16. The van der Waals surface area contributed by atoms with Gasteiger partial charge in [0.15, 0.2) is 9.84 Å². The van der Waals surface area contributed by atoms with Gasteiger partial charge in [0.05, 0.1) is 11.5 Å². The lowest BCUT2D eigenvalue weighted by Gasteiger charge is -2.16. The molecule has 0 amide bonds. The highest BCUT2D eigenvalue weighted by Gasteiger charge is 2.34. The van der Waals surface area contributed by atoms with E-state index in [2.05, 4.69) is 15.9 Å². The Morgan fingerprint density at radius 1 is 1.41 bits per heavy atom. The van der Waals surface area contributed by atoms with Gasteiger partial charge in [0.1, 0.15) is 6.29 Å². The van der Waals surface area contributed by atoms with E-state index in [0.717, 1.165) is 16.3 Å². The van der Waals surface area contributed by atoms with Crippen LogP contribution >= 0.6 is 15.9 Å². The smallest absolute Gasteiger partial charge is 0.150 e. The fraction of sp³-hybridized carbons (Fsp3) is 0.417. The molecule has 92 valence electrons. The van der Waals surface area contributed by atoms with Gasteiger partial charge in [-0.3, -0.25) is 0 Å². The second-order valence-corrected chi connectivity index (χ2v) is 7.52. The molecule has 0 aromatic heterocycles. The fourth-order valence-corrected chi connectivity index (χ4v) is 4.55. The molecule has 2 unspecified atom stereocenters. The van der Waals surface area contributed by atoms with Crippen molar-refractivity contribution in [2.75, 3.05) is 11.5 Å². The van der Waals surface area contributed by atoms with Crippen molar-refractivity contribution in [1.29, 1.82) is 0 Å². The second-order valence-electron chi connectivity index (χ2n) is 4.38. The number of carbonyl (C=O) groups excluding carboxylic acids is 1. The summed E-state index contributed by atoms with van der Waals surface area (Å²) in [6, 6.07) is 7.49. The largest absolute Gasteiger partial charge is 0.303 e. The summed E-state index contributed by atoms with van der Waals surface area (Å²) in [6.07, 6.45) is 1.45. The standard InChI is InChI=1S/C12H13BrO3S/c13-11-3-1-2-9(6-11)12(7-14)10-4-5-17(15,16)8-10/h1-3,6-7,10,12H,4-5,8H2. The van der Waals surface area contributed by atoms with E-state index in [1.54, 1.807) is 0 Å². The van der Waals surface area contributed by atoms with Crippen LogP contribution < -0.4 is 0 Å². The summed E-state index contributed by atoms with van der Waals surface area (Å²) in [6.45, 7) is 0. The van der Waals surface area contributed by atoms with Crippen LogP contribution in [0.25, 0.3) is 0 Å². The predicted octanol–water partition coefficient (Wildman–Crippen LogP) is 2.17. The Morgan fingerprint density at radius 3 is 2.71 bits per heavy atom. The van der Waals surface area contributed by atoms with Crippen LogP contribution in [0, 0.1) is 5.92 Å². The summed E-state index contributed by atoms with van der Waals surface area (Å²) < 4.78 is 23.8. The summed E-state index contributed by atoms with van der Waals surface area (Å²) >= 11 is 3.36. The van der Waals surface area contributed by atoms with E-state index in [1.807, 2.05) is 24.3 Å². The zero-order valence-electron chi connectivity index (χ0n) is 9.17. The van der Waals surface area contributed by atoms with Gasteiger partial charge in [-0.15, -0.1) is 0 Å². The van der Waals surface area contributed by atoms with Crippen LogP contribution in [-0.4, -0.2) is 26.2 Å². The molecule has 3 nitrogen and oxygen atoms in total. The Hall–Kier alpha value is -0.680. The average Bonchev–Trinajstić information content (AvgIpc) is 2.60. The topological polar surface area (TPSA) is 51.2 Å². The van der Waals surface area contributed by atoms with Gasteiger partial charge < -0.3 is 4.79 Å². The Kier molecular flexibility index (Phi) is 3.68. The monoisotopic (exact) mass is 316 g/mol. The van der Waals surface area contributed by atoms with Gasteiger partial charge in [0.25, 0.3) is 0 Å². The van der Waals surface area contributed by atoms with Gasteiger partial charge >= 0.3 is 0 Å². The number of benzene rings is 1. The number of hydrogen-bond donors (Lipinski definition) is 0. The molecule has 0 N–H and O–H groups in total. The minimum atomic E-state index is -2.94. The van der Waals surface area contributed by atoms with Crippen LogP contribution in [0.1, 0.15) is 17.9 Å². The van der Waals surface area contributed by atoms with E-state index in [4.69, 9.17) is 0 Å². The summed E-state index contributed by atoms with van der Waals surface area (Å²) in [5.74, 6) is -0.0598. The van der Waals surface area contributed by atoms with E-state index in [-0.39, 0.29) is 23.3 Å². The van der Waals surface area contributed by atoms with E-state index in [9.17, 15) is 13.2 Å². The third kappa shape index (κ3) is 2.96. The molecule has 1 aromatic rings. The first-order valence-electron chi connectivity index (χ1n) is 5.43. The highest BCUT2D eigenvalue weighted by Crippen LogP contribution is 2.32. The molecule has 0 saturated carbocycles. The molecule has 0 radical (unpaired) electrons. The molecule has 1 aliphatic heterocycles. The molecule has 17 heavy (non-hydrogen) atoms. The van der Waals surface area contributed by atoms with Crippen molar-refractivity contribution in [3.05, 3.63) is 34.3 Å². The molecule has 0 bridgehead atoms. The van der Waals surface area contributed by atoms with E-state index in [0.29, 0.717) is 6.42 Å². The molecule has 2 rings (SSSR count). The lowest BCUT2D eigenvalue weighted by Crippen LogP contribution is -2.16. The zero-order valence-corrected chi connectivity index (χ0v) is 11.6. The van der Waals surface area contributed by atoms with Gasteiger partial charge in [-0.25, -0.2) is 8.42 Å². The highest BCUT2D eigenvalue weighted by atomic mass is 79.9. The summed E-state index contributed by atoms with van der Waals surface area (Å²) in [5.41, 5.74) is 0.886. The maximum atomic E-state index is 11.4. The molecule has 1 heterocycles. The molecular formula is C12H13BrO3S. The predicted molar refractivity (Wildman–Crippen MR) is 69.7 cm³/mol. The number of aldehydes is 1. The van der Waals surface area contributed by atoms with Crippen LogP contribution in [0.4, 0.5) is 0 Å². The molecule has 1 aromatic carbocycles. The van der Waals surface area contributed by atoms with Crippen LogP contribution in [-0.2, 0) is 14.6 Å². The number of rotatable bonds is 3. The molecule has 0 spiro atoms. The molecular weight excluding hydrogens is 304 g/mol. The van der Waals surface area contributed by atoms with Gasteiger partial charge in [-0.05, 0) is 30.0 Å². The van der Waals surface area contributed by atoms with Crippen molar-refractivity contribution >= 4 is 32.1 Å². The first-order chi connectivity index (χ1) is 8.02. The minimum absolute atomic E-state index is 0.0770. The van der Waals surface area contributed by atoms with Gasteiger partial charge in [-0.2, -0.15) is 0 Å². The van der Waals surface area contributed by atoms with Crippen LogP contribution in [0.15, 0.2) is 28.7 Å². The van der Waals surface area contributed by atoms with Gasteiger partial charge in [0, 0.05) is 10.4 Å². The van der Waals surface area contributed by atoms with Crippen LogP contribution in [0.5, 0.6) is 0 Å². The fourth-order valence-electron chi connectivity index (χ4n) is 2.28. The lowest BCUT2D eigenvalue weighted by atomic mass is 9.87. The normalized spacial score (nSPS) is 24.4. The maximum absolute atomic E-state index is 11.4. The summed E-state index contributed by atoms with van der Waals surface area (Å²) in [5, 5.41) is 0. The Balaban J connectivity index is 2.26. The van der Waals surface area contributed by atoms with Crippen molar-refractivity contribution in [2.24, 2.45) is 5.92 Å². The molecule has 5 heteroatoms. The third-order valence-corrected chi connectivity index (χ3v) is 5.44. The number of hydrogen-bond acceptors (Lipinski definition) is 3. The van der Waals surface area contributed by atoms with Gasteiger partial charge in [0.2, 0.25) is 0 Å². The summed E-state index contributed by atoms with van der Waals surface area (Å²) in [7, 11) is -2.94. The molecule has 1 fully saturated rings. The minimum Gasteiger partial charge on any atom is -0.303 e. The molecule has 1 aliphatic rings.